The summed E-state index contributed by atoms with van der Waals surface area (Å²) < 4.78 is 17.4. The third-order valence-corrected chi connectivity index (χ3v) is 4.09. The van der Waals surface area contributed by atoms with E-state index >= 15 is 0 Å². The Morgan fingerprint density at radius 1 is 1.41 bits per heavy atom. The van der Waals surface area contributed by atoms with Crippen molar-refractivity contribution in [3.63, 3.8) is 0 Å². The van der Waals surface area contributed by atoms with Gasteiger partial charge >= 0.3 is 0 Å². The maximum absolute atomic E-state index is 12.6. The number of rotatable bonds is 2. The number of amidine groups is 1. The van der Waals surface area contributed by atoms with Crippen molar-refractivity contribution in [3.8, 4) is 0 Å². The highest BCUT2D eigenvalue weighted by Gasteiger charge is 2.58. The number of nitrogens with one attached hydrogen (secondary N) is 1. The minimum absolute atomic E-state index is 0.210. The van der Waals surface area contributed by atoms with Gasteiger partial charge in [-0.1, -0.05) is 0 Å². The number of hydrogen-bond donors (Lipinski definition) is 2. The number of nitrogens with zero attached hydrogens (tertiary/aromatic N) is 3. The number of carbonyl (C=O) groups is 1. The molecular formula is C13H17N4O5+. The molecule has 4 rings (SSSR count). The highest BCUT2D eigenvalue weighted by Crippen LogP contribution is 2.39. The molecule has 4 aliphatic rings. The lowest BCUT2D eigenvalue weighted by Gasteiger charge is -2.31. The molecule has 9 heteroatoms. The highest BCUT2D eigenvalue weighted by atomic mass is 16.8. The van der Waals surface area contributed by atoms with E-state index in [1.165, 1.54) is 17.6 Å². The van der Waals surface area contributed by atoms with E-state index in [2.05, 4.69) is 15.0 Å². The molecule has 0 aromatic rings. The van der Waals surface area contributed by atoms with Crippen molar-refractivity contribution in [2.45, 2.75) is 50.2 Å². The summed E-state index contributed by atoms with van der Waals surface area (Å²) in [6, 6.07) is -0.601. The van der Waals surface area contributed by atoms with Gasteiger partial charge in [0.2, 0.25) is 0 Å². The Kier molecular flexibility index (Phi) is 2.95. The van der Waals surface area contributed by atoms with Crippen LogP contribution in [0.2, 0.25) is 0 Å². The number of aliphatic hydroxyl groups is 1. The summed E-state index contributed by atoms with van der Waals surface area (Å²) in [5.74, 6) is -0.580. The minimum atomic E-state index is -0.785. The van der Waals surface area contributed by atoms with Gasteiger partial charge in [-0.2, -0.15) is 4.99 Å². The van der Waals surface area contributed by atoms with Crippen LogP contribution in [0.25, 0.3) is 0 Å². The van der Waals surface area contributed by atoms with Crippen LogP contribution in [-0.2, 0) is 19.0 Å². The third kappa shape index (κ3) is 1.93. The van der Waals surface area contributed by atoms with Crippen molar-refractivity contribution in [2.75, 3.05) is 6.61 Å². The van der Waals surface area contributed by atoms with Crippen LogP contribution in [0.3, 0.4) is 0 Å². The SMILES string of the molecule is CC1(C)O[C@@H]2[C@H](O1)[C@@H](CO)O[C@@H]2N1C=NC2=NC=[NH+]C2C1=O. The van der Waals surface area contributed by atoms with Crippen LogP contribution in [0, 0.1) is 0 Å². The zero-order valence-corrected chi connectivity index (χ0v) is 12.2. The van der Waals surface area contributed by atoms with Crippen LogP contribution in [0.1, 0.15) is 13.8 Å². The average molecular weight is 309 g/mol. The smallest absolute Gasteiger partial charge is 0.298 e. The number of fused-ring (bicyclic) bond motifs is 2. The first-order valence-corrected chi connectivity index (χ1v) is 7.14. The topological polar surface area (TPSA) is 107 Å². The molecular weight excluding hydrogens is 292 g/mol. The normalized spacial score (nSPS) is 41.8. The van der Waals surface area contributed by atoms with E-state index in [4.69, 9.17) is 14.2 Å². The molecule has 5 atom stereocenters. The van der Waals surface area contributed by atoms with Gasteiger partial charge in [-0.3, -0.25) is 14.7 Å². The molecule has 0 aliphatic carbocycles. The number of hydrogen-bond acceptors (Lipinski definition) is 7. The molecule has 22 heavy (non-hydrogen) atoms. The Labute approximate surface area is 126 Å². The van der Waals surface area contributed by atoms with Gasteiger partial charge in [0.25, 0.3) is 24.1 Å². The second-order valence-electron chi connectivity index (χ2n) is 6.02. The Morgan fingerprint density at radius 3 is 2.95 bits per heavy atom. The maximum atomic E-state index is 12.6. The molecule has 9 nitrogen and oxygen atoms in total. The second kappa shape index (κ2) is 4.66. The van der Waals surface area contributed by atoms with E-state index in [9.17, 15) is 9.90 Å². The predicted molar refractivity (Wildman–Crippen MR) is 73.2 cm³/mol. The number of aliphatic hydroxyl groups excluding tert-OH is 1. The fourth-order valence-corrected chi connectivity index (χ4v) is 3.17. The zero-order valence-electron chi connectivity index (χ0n) is 12.2. The van der Waals surface area contributed by atoms with Gasteiger partial charge < -0.3 is 19.3 Å². The van der Waals surface area contributed by atoms with Gasteiger partial charge in [0.15, 0.2) is 12.0 Å². The molecule has 4 aliphatic heterocycles. The summed E-state index contributed by atoms with van der Waals surface area (Å²) in [6.07, 6.45) is 0.705. The van der Waals surface area contributed by atoms with Crippen molar-refractivity contribution in [2.24, 2.45) is 9.98 Å². The Balaban J connectivity index is 1.63. The lowest BCUT2D eigenvalue weighted by atomic mass is 10.1. The van der Waals surface area contributed by atoms with Crippen LogP contribution in [0.15, 0.2) is 9.98 Å². The van der Waals surface area contributed by atoms with E-state index in [0.717, 1.165) is 0 Å². The molecule has 0 spiro atoms. The third-order valence-electron chi connectivity index (χ3n) is 4.09. The average Bonchev–Trinajstić information content (AvgIpc) is 3.12. The van der Waals surface area contributed by atoms with Gasteiger partial charge in [-0.25, -0.2) is 0 Å². The predicted octanol–water partition coefficient (Wildman–Crippen LogP) is -3.02. The van der Waals surface area contributed by atoms with Crippen LogP contribution < -0.4 is 4.99 Å². The summed E-state index contributed by atoms with van der Waals surface area (Å²) in [7, 11) is 0. The summed E-state index contributed by atoms with van der Waals surface area (Å²) in [4.78, 5) is 25.0. The number of carbonyl (C=O) groups excluding carboxylic acids is 1. The molecule has 0 aromatic heterocycles. The molecule has 0 bridgehead atoms. The van der Waals surface area contributed by atoms with E-state index in [-0.39, 0.29) is 12.5 Å². The van der Waals surface area contributed by atoms with Crippen molar-refractivity contribution in [1.29, 1.82) is 0 Å². The first-order chi connectivity index (χ1) is 10.5. The minimum Gasteiger partial charge on any atom is -0.394 e. The largest absolute Gasteiger partial charge is 0.394 e. The fraction of sp³-hybridized carbons (Fsp3) is 0.692. The van der Waals surface area contributed by atoms with E-state index in [0.29, 0.717) is 5.84 Å². The maximum Gasteiger partial charge on any atom is 0.298 e. The number of aliphatic imine (C=N–C) groups is 2. The molecule has 4 heterocycles. The highest BCUT2D eigenvalue weighted by molar-refractivity contribution is 6.16. The van der Waals surface area contributed by atoms with Crippen LogP contribution in [0.5, 0.6) is 0 Å². The molecule has 1 unspecified atom stereocenters. The molecule has 0 aromatic carbocycles. The molecule has 118 valence electrons. The van der Waals surface area contributed by atoms with Gasteiger partial charge in [-0.05, 0) is 18.8 Å². The van der Waals surface area contributed by atoms with Gasteiger partial charge in [0.1, 0.15) is 24.7 Å². The quantitative estimate of drug-likeness (QED) is 0.565. The molecule has 1 amide bonds. The standard InChI is InChI=1S/C13H16N4O5/c1-13(2)21-8-6(3-18)20-12(9(8)22-13)17-5-16-10-7(11(17)19)14-4-15-10/h4-9,12,18H,3H2,1-2H3/p+1/t6-,7?,8-,9-,12+/m1/s1. The lowest BCUT2D eigenvalue weighted by Crippen LogP contribution is -2.81. The van der Waals surface area contributed by atoms with E-state index in [1.807, 2.05) is 0 Å². The second-order valence-corrected chi connectivity index (χ2v) is 6.02. The Bertz CT molecular complexity index is 601. The fourth-order valence-electron chi connectivity index (χ4n) is 3.17. The van der Waals surface area contributed by atoms with Crippen molar-refractivity contribution in [3.05, 3.63) is 0 Å². The monoisotopic (exact) mass is 309 g/mol. The summed E-state index contributed by atoms with van der Waals surface area (Å²) in [5, 5.41) is 9.48. The first-order valence-electron chi connectivity index (χ1n) is 7.14. The Morgan fingerprint density at radius 2 is 2.18 bits per heavy atom. The van der Waals surface area contributed by atoms with E-state index in [1.54, 1.807) is 13.8 Å². The number of amides is 1. The van der Waals surface area contributed by atoms with Crippen LogP contribution in [-0.4, -0.2) is 77.4 Å². The lowest BCUT2D eigenvalue weighted by molar-refractivity contribution is -0.460. The van der Waals surface area contributed by atoms with Crippen molar-refractivity contribution >= 4 is 24.4 Å². The van der Waals surface area contributed by atoms with Gasteiger partial charge in [0.05, 0.1) is 6.61 Å². The first kappa shape index (κ1) is 13.9. The molecule has 0 radical (unpaired) electrons. The zero-order chi connectivity index (χ0) is 15.5. The summed E-state index contributed by atoms with van der Waals surface area (Å²) in [6.45, 7) is 3.38. The Hall–Kier alpha value is -1.68. The van der Waals surface area contributed by atoms with E-state index < -0.39 is 36.4 Å². The van der Waals surface area contributed by atoms with Crippen LogP contribution >= 0.6 is 0 Å². The van der Waals surface area contributed by atoms with Crippen molar-refractivity contribution < 1.29 is 29.1 Å². The number of ether oxygens (including phenoxy) is 3. The summed E-state index contributed by atoms with van der Waals surface area (Å²) in [5.41, 5.74) is 0. The molecule has 2 saturated heterocycles. The van der Waals surface area contributed by atoms with Crippen molar-refractivity contribution in [1.82, 2.24) is 4.90 Å². The summed E-state index contributed by atoms with van der Waals surface area (Å²) >= 11 is 0. The molecule has 0 saturated carbocycles. The van der Waals surface area contributed by atoms with Crippen LogP contribution in [0.4, 0.5) is 0 Å². The molecule has 2 fully saturated rings. The van der Waals surface area contributed by atoms with Gasteiger partial charge in [0, 0.05) is 0 Å². The van der Waals surface area contributed by atoms with Gasteiger partial charge in [-0.15, -0.1) is 0 Å². The molecule has 2 N–H and O–H groups in total.